The maximum absolute atomic E-state index is 4.88. The number of aryl methyl sites for hydroxylation is 2. The Kier molecular flexibility index (Phi) is 4.75. The molecule has 0 bridgehead atoms. The summed E-state index contributed by atoms with van der Waals surface area (Å²) in [4.78, 5) is 2.65. The van der Waals surface area contributed by atoms with Crippen LogP contribution in [0.3, 0.4) is 0 Å². The van der Waals surface area contributed by atoms with E-state index >= 15 is 0 Å². The molecule has 25 heavy (non-hydrogen) atoms. The summed E-state index contributed by atoms with van der Waals surface area (Å²) >= 11 is 0. The molecule has 1 fully saturated rings. The van der Waals surface area contributed by atoms with Gasteiger partial charge in [-0.05, 0) is 86.5 Å². The maximum Gasteiger partial charge on any atom is 0.134 e. The summed E-state index contributed by atoms with van der Waals surface area (Å²) in [6, 6.07) is 0. The summed E-state index contributed by atoms with van der Waals surface area (Å²) in [5, 5.41) is 4.88. The van der Waals surface area contributed by atoms with E-state index in [2.05, 4.69) is 36.4 Å². The molecule has 2 aliphatic rings. The largest absolute Gasteiger partial charge is 0.356 e. The van der Waals surface area contributed by atoms with E-state index in [1.54, 1.807) is 11.1 Å². The second-order valence-corrected chi connectivity index (χ2v) is 8.09. The molecule has 1 aliphatic heterocycles. The van der Waals surface area contributed by atoms with Crippen molar-refractivity contribution in [2.75, 3.05) is 18.0 Å². The number of hydrogen-bond donors (Lipinski definition) is 0. The van der Waals surface area contributed by atoms with Crippen LogP contribution < -0.4 is 4.90 Å². The van der Waals surface area contributed by atoms with Gasteiger partial charge in [-0.25, -0.2) is 4.52 Å². The van der Waals surface area contributed by atoms with E-state index in [1.165, 1.54) is 86.9 Å². The lowest BCUT2D eigenvalue weighted by atomic mass is 9.95. The topological polar surface area (TPSA) is 20.5 Å². The molecule has 3 nitrogen and oxygen atoms in total. The molecule has 0 amide bonds. The van der Waals surface area contributed by atoms with Gasteiger partial charge in [-0.2, -0.15) is 5.10 Å². The molecule has 1 unspecified atom stereocenters. The van der Waals surface area contributed by atoms with Crippen LogP contribution in [0.15, 0.2) is 6.20 Å². The fourth-order valence-corrected chi connectivity index (χ4v) is 5.11. The fraction of sp³-hybridized carbons (Fsp3) is 0.682. The number of rotatable bonds is 3. The highest BCUT2D eigenvalue weighted by molar-refractivity contribution is 5.71. The van der Waals surface area contributed by atoms with Crippen molar-refractivity contribution in [1.82, 2.24) is 9.61 Å². The van der Waals surface area contributed by atoms with Gasteiger partial charge in [0.15, 0.2) is 0 Å². The van der Waals surface area contributed by atoms with E-state index in [1.807, 2.05) is 0 Å². The van der Waals surface area contributed by atoms with Crippen LogP contribution in [-0.4, -0.2) is 22.7 Å². The van der Waals surface area contributed by atoms with Crippen molar-refractivity contribution in [2.45, 2.75) is 78.6 Å². The van der Waals surface area contributed by atoms with E-state index in [4.69, 9.17) is 5.10 Å². The first-order valence-corrected chi connectivity index (χ1v) is 10.5. The third-order valence-corrected chi connectivity index (χ3v) is 6.71. The predicted octanol–water partition coefficient (Wildman–Crippen LogP) is 5.10. The number of aromatic nitrogens is 2. The first-order chi connectivity index (χ1) is 12.2. The molecule has 0 N–H and O–H groups in total. The number of pyridine rings is 1. The van der Waals surface area contributed by atoms with Crippen molar-refractivity contribution in [2.24, 2.45) is 5.92 Å². The molecule has 3 heterocycles. The van der Waals surface area contributed by atoms with Gasteiger partial charge >= 0.3 is 0 Å². The summed E-state index contributed by atoms with van der Waals surface area (Å²) in [7, 11) is 0. The highest BCUT2D eigenvalue weighted by atomic mass is 15.3. The molecular formula is C22H33N3. The minimum Gasteiger partial charge on any atom is -0.356 e. The zero-order chi connectivity index (χ0) is 17.4. The first kappa shape index (κ1) is 16.9. The molecule has 1 aliphatic carbocycles. The van der Waals surface area contributed by atoms with Crippen LogP contribution in [0, 0.1) is 12.8 Å². The average molecular weight is 340 g/mol. The van der Waals surface area contributed by atoms with Crippen molar-refractivity contribution >= 4 is 11.3 Å². The van der Waals surface area contributed by atoms with Crippen LogP contribution in [-0.2, 0) is 19.3 Å². The van der Waals surface area contributed by atoms with E-state index in [0.717, 1.165) is 12.3 Å². The molecule has 136 valence electrons. The molecule has 1 atom stereocenters. The lowest BCUT2D eigenvalue weighted by molar-refractivity contribution is 0.450. The van der Waals surface area contributed by atoms with Gasteiger partial charge in [0.25, 0.3) is 0 Å². The standard InChI is InChI=1S/C22H33N3/c1-4-17-9-11-19-16(3)21-18(5-2)15-23-25(21)22(20(19)12-10-17)24-13-7-6-8-14-24/h15,17H,4-14H2,1-3H3. The highest BCUT2D eigenvalue weighted by Gasteiger charge is 2.27. The van der Waals surface area contributed by atoms with Crippen LogP contribution in [0.1, 0.15) is 74.6 Å². The second kappa shape index (κ2) is 7.01. The first-order valence-electron chi connectivity index (χ1n) is 10.5. The number of hydrogen-bond acceptors (Lipinski definition) is 2. The maximum atomic E-state index is 4.88. The third kappa shape index (κ3) is 2.86. The number of piperidine rings is 1. The van der Waals surface area contributed by atoms with Crippen molar-refractivity contribution < 1.29 is 0 Å². The Morgan fingerprint density at radius 3 is 2.44 bits per heavy atom. The fourth-order valence-electron chi connectivity index (χ4n) is 5.11. The summed E-state index contributed by atoms with van der Waals surface area (Å²) in [5.74, 6) is 2.32. The lowest BCUT2D eigenvalue weighted by Gasteiger charge is -2.32. The zero-order valence-corrected chi connectivity index (χ0v) is 16.3. The van der Waals surface area contributed by atoms with Gasteiger partial charge in [-0.15, -0.1) is 0 Å². The summed E-state index contributed by atoms with van der Waals surface area (Å²) in [6.45, 7) is 9.37. The number of nitrogens with zero attached hydrogens (tertiary/aromatic N) is 3. The number of anilines is 1. The van der Waals surface area contributed by atoms with Gasteiger partial charge in [-0.3, -0.25) is 0 Å². The van der Waals surface area contributed by atoms with Crippen LogP contribution in [0.25, 0.3) is 5.52 Å². The van der Waals surface area contributed by atoms with Gasteiger partial charge in [0, 0.05) is 13.1 Å². The third-order valence-electron chi connectivity index (χ3n) is 6.71. The minimum atomic E-state index is 0.888. The minimum absolute atomic E-state index is 0.888. The summed E-state index contributed by atoms with van der Waals surface area (Å²) in [5.41, 5.74) is 7.58. The molecule has 2 aromatic heterocycles. The second-order valence-electron chi connectivity index (χ2n) is 8.09. The molecule has 0 aromatic carbocycles. The average Bonchev–Trinajstić information content (AvgIpc) is 2.96. The highest BCUT2D eigenvalue weighted by Crippen LogP contribution is 2.38. The van der Waals surface area contributed by atoms with E-state index in [0.29, 0.717) is 0 Å². The van der Waals surface area contributed by atoms with Crippen LogP contribution in [0.5, 0.6) is 0 Å². The Morgan fingerprint density at radius 1 is 1.04 bits per heavy atom. The van der Waals surface area contributed by atoms with Crippen LogP contribution >= 0.6 is 0 Å². The van der Waals surface area contributed by atoms with E-state index < -0.39 is 0 Å². The molecule has 2 aromatic rings. The quantitative estimate of drug-likeness (QED) is 0.725. The normalized spacial score (nSPS) is 21.4. The Bertz CT molecular complexity index is 752. The molecule has 1 saturated heterocycles. The lowest BCUT2D eigenvalue weighted by Crippen LogP contribution is -2.32. The zero-order valence-electron chi connectivity index (χ0n) is 16.3. The van der Waals surface area contributed by atoms with Crippen molar-refractivity contribution in [3.8, 4) is 0 Å². The van der Waals surface area contributed by atoms with Gasteiger partial charge in [0.05, 0.1) is 11.7 Å². The molecule has 4 rings (SSSR count). The summed E-state index contributed by atoms with van der Waals surface area (Å²) < 4.78 is 2.31. The Hall–Kier alpha value is -1.51. The van der Waals surface area contributed by atoms with Crippen molar-refractivity contribution in [1.29, 1.82) is 0 Å². The van der Waals surface area contributed by atoms with Gasteiger partial charge in [-0.1, -0.05) is 20.3 Å². The Morgan fingerprint density at radius 2 is 1.76 bits per heavy atom. The van der Waals surface area contributed by atoms with E-state index in [9.17, 15) is 0 Å². The van der Waals surface area contributed by atoms with Crippen LogP contribution in [0.4, 0.5) is 5.82 Å². The Balaban J connectivity index is 1.93. The van der Waals surface area contributed by atoms with Gasteiger partial charge in [0.2, 0.25) is 0 Å². The molecule has 0 spiro atoms. The molecule has 3 heteroatoms. The smallest absolute Gasteiger partial charge is 0.134 e. The molecule has 0 radical (unpaired) electrons. The van der Waals surface area contributed by atoms with E-state index in [-0.39, 0.29) is 0 Å². The summed E-state index contributed by atoms with van der Waals surface area (Å²) in [6.07, 6.45) is 13.7. The SMILES string of the molecule is CCc1cnn2c(N3CCCCC3)c3c(c(C)c12)CCC(CC)CC3. The predicted molar refractivity (Wildman–Crippen MR) is 106 cm³/mol. The molecule has 0 saturated carbocycles. The Labute approximate surface area is 152 Å². The van der Waals surface area contributed by atoms with Crippen molar-refractivity contribution in [3.05, 3.63) is 28.5 Å². The van der Waals surface area contributed by atoms with Gasteiger partial charge in [0.1, 0.15) is 5.82 Å². The monoisotopic (exact) mass is 339 g/mol. The van der Waals surface area contributed by atoms with Gasteiger partial charge < -0.3 is 4.90 Å². The molecular weight excluding hydrogens is 306 g/mol. The van der Waals surface area contributed by atoms with Crippen LogP contribution in [0.2, 0.25) is 0 Å². The number of fused-ring (bicyclic) bond motifs is 2. The van der Waals surface area contributed by atoms with Crippen molar-refractivity contribution in [3.63, 3.8) is 0 Å².